The van der Waals surface area contributed by atoms with Gasteiger partial charge in [0.2, 0.25) is 0 Å². The largest absolute Gasteiger partial charge is 0.338 e. The third kappa shape index (κ3) is 3.48. The molecule has 1 amide bonds. The fourth-order valence-electron chi connectivity index (χ4n) is 2.54. The van der Waals surface area contributed by atoms with Crippen LogP contribution in [0.15, 0.2) is 29.2 Å². The van der Waals surface area contributed by atoms with E-state index in [9.17, 15) is 4.79 Å². The number of halogens is 1. The Kier molecular flexibility index (Phi) is 5.92. The van der Waals surface area contributed by atoms with E-state index in [1.807, 2.05) is 35.4 Å². The van der Waals surface area contributed by atoms with Gasteiger partial charge in [-0.2, -0.15) is 0 Å². The summed E-state index contributed by atoms with van der Waals surface area (Å²) < 4.78 is 0. The Morgan fingerprint density at radius 2 is 2.05 bits per heavy atom. The summed E-state index contributed by atoms with van der Waals surface area (Å²) in [4.78, 5) is 15.6. The lowest BCUT2D eigenvalue weighted by Crippen LogP contribution is -2.54. The standard InChI is InChI=1S/C15H22N2OS.ClH/c1-15(2)10-17(9-8-13(15)16)14(18)11-6-4-5-7-12(11)19-3;/h4-7,13H,8-10,16H2,1-3H3;1H. The summed E-state index contributed by atoms with van der Waals surface area (Å²) in [5.41, 5.74) is 6.92. The zero-order valence-electron chi connectivity index (χ0n) is 12.3. The molecule has 20 heavy (non-hydrogen) atoms. The van der Waals surface area contributed by atoms with Gasteiger partial charge in [0.15, 0.2) is 0 Å². The second kappa shape index (κ2) is 6.83. The maximum Gasteiger partial charge on any atom is 0.255 e. The van der Waals surface area contributed by atoms with Crippen LogP contribution in [0.4, 0.5) is 0 Å². The number of thioether (sulfide) groups is 1. The van der Waals surface area contributed by atoms with Crippen LogP contribution >= 0.6 is 24.2 Å². The molecule has 2 rings (SSSR count). The number of carbonyl (C=O) groups is 1. The highest BCUT2D eigenvalue weighted by Crippen LogP contribution is 2.30. The minimum absolute atomic E-state index is 0. The van der Waals surface area contributed by atoms with Gasteiger partial charge in [0, 0.05) is 24.0 Å². The molecule has 2 N–H and O–H groups in total. The first-order chi connectivity index (χ1) is 8.95. The molecule has 112 valence electrons. The van der Waals surface area contributed by atoms with E-state index in [2.05, 4.69) is 13.8 Å². The van der Waals surface area contributed by atoms with Crippen molar-refractivity contribution < 1.29 is 4.79 Å². The van der Waals surface area contributed by atoms with E-state index in [0.717, 1.165) is 30.0 Å². The molecule has 1 aromatic carbocycles. The van der Waals surface area contributed by atoms with E-state index in [-0.39, 0.29) is 29.8 Å². The molecular weight excluding hydrogens is 292 g/mol. The van der Waals surface area contributed by atoms with Gasteiger partial charge in [0.1, 0.15) is 0 Å². The van der Waals surface area contributed by atoms with Gasteiger partial charge < -0.3 is 10.6 Å². The quantitative estimate of drug-likeness (QED) is 0.854. The smallest absolute Gasteiger partial charge is 0.255 e. The van der Waals surface area contributed by atoms with Crippen LogP contribution < -0.4 is 5.73 Å². The van der Waals surface area contributed by atoms with E-state index >= 15 is 0 Å². The summed E-state index contributed by atoms with van der Waals surface area (Å²) in [7, 11) is 0. The molecule has 1 unspecified atom stereocenters. The first-order valence-corrected chi connectivity index (χ1v) is 7.86. The highest BCUT2D eigenvalue weighted by atomic mass is 35.5. The molecule has 0 saturated carbocycles. The molecule has 1 fully saturated rings. The fraction of sp³-hybridized carbons (Fsp3) is 0.533. The molecule has 1 aliphatic rings. The summed E-state index contributed by atoms with van der Waals surface area (Å²) >= 11 is 1.62. The van der Waals surface area contributed by atoms with E-state index < -0.39 is 0 Å². The highest BCUT2D eigenvalue weighted by molar-refractivity contribution is 7.98. The average molecular weight is 315 g/mol. The van der Waals surface area contributed by atoms with Gasteiger partial charge in [0.05, 0.1) is 5.56 Å². The van der Waals surface area contributed by atoms with Gasteiger partial charge in [-0.05, 0) is 30.2 Å². The molecule has 1 heterocycles. The zero-order valence-corrected chi connectivity index (χ0v) is 13.9. The Balaban J connectivity index is 0.00000200. The van der Waals surface area contributed by atoms with Crippen LogP contribution in [0.5, 0.6) is 0 Å². The summed E-state index contributed by atoms with van der Waals surface area (Å²) in [5, 5.41) is 0. The maximum atomic E-state index is 12.6. The Labute approximate surface area is 131 Å². The van der Waals surface area contributed by atoms with Crippen molar-refractivity contribution in [3.63, 3.8) is 0 Å². The lowest BCUT2D eigenvalue weighted by Gasteiger charge is -2.42. The SMILES string of the molecule is CSc1ccccc1C(=O)N1CCC(N)C(C)(C)C1.Cl. The van der Waals surface area contributed by atoms with Gasteiger partial charge in [-0.1, -0.05) is 26.0 Å². The van der Waals surface area contributed by atoms with Gasteiger partial charge in [-0.25, -0.2) is 0 Å². The molecule has 3 nitrogen and oxygen atoms in total. The number of amides is 1. The number of hydrogen-bond acceptors (Lipinski definition) is 3. The summed E-state index contributed by atoms with van der Waals surface area (Å²) in [6, 6.07) is 7.98. The van der Waals surface area contributed by atoms with Crippen molar-refractivity contribution in [3.05, 3.63) is 29.8 Å². The maximum absolute atomic E-state index is 12.6. The fourth-order valence-corrected chi connectivity index (χ4v) is 3.13. The monoisotopic (exact) mass is 314 g/mol. The molecule has 1 aromatic rings. The summed E-state index contributed by atoms with van der Waals surface area (Å²) in [5.74, 6) is 0.130. The van der Waals surface area contributed by atoms with E-state index in [0.29, 0.717) is 0 Å². The summed E-state index contributed by atoms with van der Waals surface area (Å²) in [6.07, 6.45) is 2.88. The van der Waals surface area contributed by atoms with Crippen molar-refractivity contribution in [2.24, 2.45) is 11.1 Å². The second-order valence-electron chi connectivity index (χ2n) is 5.81. The van der Waals surface area contributed by atoms with E-state index in [4.69, 9.17) is 5.73 Å². The van der Waals surface area contributed by atoms with Crippen LogP contribution in [0.25, 0.3) is 0 Å². The molecule has 0 aliphatic carbocycles. The number of hydrogen-bond donors (Lipinski definition) is 1. The lowest BCUT2D eigenvalue weighted by atomic mass is 9.79. The third-order valence-electron chi connectivity index (χ3n) is 3.94. The minimum Gasteiger partial charge on any atom is -0.338 e. The third-order valence-corrected chi connectivity index (χ3v) is 4.73. The number of nitrogens with zero attached hydrogens (tertiary/aromatic N) is 1. The van der Waals surface area contributed by atoms with Crippen LogP contribution in [0.2, 0.25) is 0 Å². The molecule has 0 bridgehead atoms. The van der Waals surface area contributed by atoms with Gasteiger partial charge in [0.25, 0.3) is 5.91 Å². The molecular formula is C15H23ClN2OS. The first kappa shape index (κ1) is 17.3. The van der Waals surface area contributed by atoms with Crippen molar-refractivity contribution in [1.29, 1.82) is 0 Å². The van der Waals surface area contributed by atoms with Crippen LogP contribution in [0.1, 0.15) is 30.6 Å². The highest BCUT2D eigenvalue weighted by Gasteiger charge is 2.35. The number of rotatable bonds is 2. The second-order valence-corrected chi connectivity index (χ2v) is 6.66. The number of nitrogens with two attached hydrogens (primary N) is 1. The van der Waals surface area contributed by atoms with Crippen molar-refractivity contribution in [2.45, 2.75) is 31.2 Å². The molecule has 1 aliphatic heterocycles. The number of piperidine rings is 1. The molecule has 1 saturated heterocycles. The van der Waals surface area contributed by atoms with E-state index in [1.54, 1.807) is 11.8 Å². The minimum atomic E-state index is -0.0117. The van der Waals surface area contributed by atoms with Gasteiger partial charge >= 0.3 is 0 Å². The van der Waals surface area contributed by atoms with Crippen molar-refractivity contribution in [2.75, 3.05) is 19.3 Å². The number of likely N-dealkylation sites (tertiary alicyclic amines) is 1. The van der Waals surface area contributed by atoms with Crippen molar-refractivity contribution in [1.82, 2.24) is 4.90 Å². The van der Waals surface area contributed by atoms with Crippen LogP contribution in [0, 0.1) is 5.41 Å². The predicted molar refractivity (Wildman–Crippen MR) is 87.7 cm³/mol. The first-order valence-electron chi connectivity index (χ1n) is 6.63. The van der Waals surface area contributed by atoms with Crippen LogP contribution in [-0.4, -0.2) is 36.2 Å². The van der Waals surface area contributed by atoms with E-state index in [1.165, 1.54) is 0 Å². The Morgan fingerprint density at radius 1 is 1.40 bits per heavy atom. The molecule has 0 radical (unpaired) electrons. The topological polar surface area (TPSA) is 46.3 Å². The Hall–Kier alpha value is -0.710. The molecule has 0 aromatic heterocycles. The molecule has 1 atom stereocenters. The predicted octanol–water partition coefficient (Wildman–Crippen LogP) is 3.03. The molecule has 0 spiro atoms. The average Bonchev–Trinajstić information content (AvgIpc) is 2.41. The van der Waals surface area contributed by atoms with Crippen LogP contribution in [0.3, 0.4) is 0 Å². The Morgan fingerprint density at radius 3 is 2.65 bits per heavy atom. The zero-order chi connectivity index (χ0) is 14.0. The van der Waals surface area contributed by atoms with Crippen molar-refractivity contribution in [3.8, 4) is 0 Å². The van der Waals surface area contributed by atoms with Gasteiger partial charge in [-0.15, -0.1) is 24.2 Å². The van der Waals surface area contributed by atoms with Crippen LogP contribution in [-0.2, 0) is 0 Å². The normalized spacial score (nSPS) is 21.2. The van der Waals surface area contributed by atoms with Gasteiger partial charge in [-0.3, -0.25) is 4.79 Å². The molecule has 5 heteroatoms. The lowest BCUT2D eigenvalue weighted by molar-refractivity contribution is 0.0529. The Bertz CT molecular complexity index is 479. The number of carbonyl (C=O) groups excluding carboxylic acids is 1. The number of benzene rings is 1. The van der Waals surface area contributed by atoms with Crippen molar-refractivity contribution >= 4 is 30.1 Å². The summed E-state index contributed by atoms with van der Waals surface area (Å²) in [6.45, 7) is 5.76.